The fourth-order valence-electron chi connectivity index (χ4n) is 3.54. The molecule has 1 N–H and O–H groups in total. The molecule has 0 spiro atoms. The number of hydrogen-bond acceptors (Lipinski definition) is 4. The van der Waals surface area contributed by atoms with Crippen molar-refractivity contribution in [3.8, 4) is 0 Å². The molecule has 7 heteroatoms. The normalized spacial score (nSPS) is 16.4. The van der Waals surface area contributed by atoms with Gasteiger partial charge in [-0.15, -0.1) is 0 Å². The molecule has 156 valence electrons. The van der Waals surface area contributed by atoms with Crippen molar-refractivity contribution in [2.45, 2.75) is 38.6 Å². The zero-order valence-electron chi connectivity index (χ0n) is 17.4. The molecule has 6 nitrogen and oxygen atoms in total. The van der Waals surface area contributed by atoms with Crippen molar-refractivity contribution >= 4 is 15.9 Å². The number of aryl methyl sites for hydroxylation is 3. The number of ether oxygens (including phenoxy) is 1. The maximum atomic E-state index is 12.9. The molecule has 0 radical (unpaired) electrons. The van der Waals surface area contributed by atoms with Crippen LogP contribution in [0, 0.1) is 20.8 Å². The van der Waals surface area contributed by atoms with E-state index in [0.717, 1.165) is 11.1 Å². The zero-order chi connectivity index (χ0) is 21.2. The lowest BCUT2D eigenvalue weighted by molar-refractivity contribution is 0.0730. The Kier molecular flexibility index (Phi) is 6.41. The molecule has 0 aliphatic carbocycles. The third kappa shape index (κ3) is 4.69. The van der Waals surface area contributed by atoms with Crippen molar-refractivity contribution in [2.75, 3.05) is 26.3 Å². The molecule has 1 aliphatic rings. The smallest absolute Gasteiger partial charge is 0.251 e. The van der Waals surface area contributed by atoms with Gasteiger partial charge in [0.05, 0.1) is 24.2 Å². The minimum Gasteiger partial charge on any atom is -0.379 e. The van der Waals surface area contributed by atoms with E-state index in [4.69, 9.17) is 4.74 Å². The average molecular weight is 417 g/mol. The van der Waals surface area contributed by atoms with E-state index in [0.29, 0.717) is 31.9 Å². The topological polar surface area (TPSA) is 75.7 Å². The number of morpholine rings is 1. The second kappa shape index (κ2) is 8.65. The van der Waals surface area contributed by atoms with E-state index in [1.165, 1.54) is 27.6 Å². The number of hydrogen-bond donors (Lipinski definition) is 1. The molecule has 1 atom stereocenters. The lowest BCUT2D eigenvalue weighted by atomic mass is 9.96. The highest BCUT2D eigenvalue weighted by molar-refractivity contribution is 7.89. The van der Waals surface area contributed by atoms with Crippen molar-refractivity contribution in [1.29, 1.82) is 0 Å². The minimum absolute atomic E-state index is 0.127. The van der Waals surface area contributed by atoms with Crippen molar-refractivity contribution in [3.05, 3.63) is 64.2 Å². The number of rotatable bonds is 5. The molecular formula is C22H28N2O4S. The lowest BCUT2D eigenvalue weighted by Gasteiger charge is -2.26. The van der Waals surface area contributed by atoms with Crippen LogP contribution < -0.4 is 5.32 Å². The molecule has 29 heavy (non-hydrogen) atoms. The summed E-state index contributed by atoms with van der Waals surface area (Å²) in [5.74, 6) is -0.297. The lowest BCUT2D eigenvalue weighted by Crippen LogP contribution is -2.40. The van der Waals surface area contributed by atoms with Gasteiger partial charge < -0.3 is 10.1 Å². The number of nitrogens with one attached hydrogen (secondary N) is 1. The predicted octanol–water partition coefficient (Wildman–Crippen LogP) is 3.12. The maximum Gasteiger partial charge on any atom is 0.251 e. The molecule has 1 fully saturated rings. The predicted molar refractivity (Wildman–Crippen MR) is 113 cm³/mol. The minimum atomic E-state index is -3.64. The summed E-state index contributed by atoms with van der Waals surface area (Å²) < 4.78 is 32.3. The third-order valence-electron chi connectivity index (χ3n) is 5.40. The van der Waals surface area contributed by atoms with Crippen LogP contribution in [0.1, 0.15) is 45.6 Å². The van der Waals surface area contributed by atoms with Gasteiger partial charge in [0, 0.05) is 18.7 Å². The van der Waals surface area contributed by atoms with Gasteiger partial charge in [0.1, 0.15) is 0 Å². The van der Waals surface area contributed by atoms with E-state index < -0.39 is 10.0 Å². The van der Waals surface area contributed by atoms with Gasteiger partial charge in [-0.2, -0.15) is 4.31 Å². The molecule has 1 saturated heterocycles. The Morgan fingerprint density at radius 1 is 1.03 bits per heavy atom. The molecule has 1 amide bonds. The van der Waals surface area contributed by atoms with E-state index in [2.05, 4.69) is 24.4 Å². The average Bonchev–Trinajstić information content (AvgIpc) is 2.71. The third-order valence-corrected chi connectivity index (χ3v) is 7.30. The molecule has 2 aromatic carbocycles. The molecule has 0 unspecified atom stereocenters. The van der Waals surface area contributed by atoms with E-state index in [9.17, 15) is 13.2 Å². The number of amides is 1. The monoisotopic (exact) mass is 416 g/mol. The number of nitrogens with zero attached hydrogens (tertiary/aromatic N) is 1. The van der Waals surface area contributed by atoms with Crippen LogP contribution in [0.4, 0.5) is 0 Å². The van der Waals surface area contributed by atoms with Gasteiger partial charge in [-0.05, 0) is 68.1 Å². The van der Waals surface area contributed by atoms with E-state index in [1.54, 1.807) is 12.1 Å². The van der Waals surface area contributed by atoms with Crippen LogP contribution in [0.2, 0.25) is 0 Å². The second-order valence-electron chi connectivity index (χ2n) is 7.53. The summed E-state index contributed by atoms with van der Waals surface area (Å²) in [6.45, 7) is 9.48. The highest BCUT2D eigenvalue weighted by atomic mass is 32.2. The summed E-state index contributed by atoms with van der Waals surface area (Å²) in [7, 11) is -3.64. The first kappa shape index (κ1) is 21.5. The highest BCUT2D eigenvalue weighted by Gasteiger charge is 2.27. The van der Waals surface area contributed by atoms with Crippen molar-refractivity contribution < 1.29 is 17.9 Å². The summed E-state index contributed by atoms with van der Waals surface area (Å²) >= 11 is 0. The van der Waals surface area contributed by atoms with Gasteiger partial charge in [-0.25, -0.2) is 8.42 Å². The highest BCUT2D eigenvalue weighted by Crippen LogP contribution is 2.23. The fourth-order valence-corrected chi connectivity index (χ4v) is 5.00. The largest absolute Gasteiger partial charge is 0.379 e. The SMILES string of the molecule is Cc1cc(C)c([C@@H](C)NC(=O)c2cccc(S(=O)(=O)N3CCOCC3)c2)cc1C. The van der Waals surface area contributed by atoms with Crippen LogP contribution in [-0.4, -0.2) is 44.9 Å². The van der Waals surface area contributed by atoms with Crippen LogP contribution in [0.5, 0.6) is 0 Å². The summed E-state index contributed by atoms with van der Waals surface area (Å²) in [5, 5.41) is 2.99. The molecule has 0 aromatic heterocycles. The molecule has 2 aromatic rings. The molecular weight excluding hydrogens is 388 g/mol. The molecule has 1 aliphatic heterocycles. The Morgan fingerprint density at radius 2 is 1.69 bits per heavy atom. The number of carbonyl (C=O) groups is 1. The van der Waals surface area contributed by atoms with Gasteiger partial charge in [-0.1, -0.05) is 18.2 Å². The Labute approximate surface area is 172 Å². The second-order valence-corrected chi connectivity index (χ2v) is 9.47. The molecule has 0 bridgehead atoms. The van der Waals surface area contributed by atoms with Crippen LogP contribution in [0.15, 0.2) is 41.3 Å². The van der Waals surface area contributed by atoms with E-state index in [1.807, 2.05) is 20.8 Å². The first-order valence-electron chi connectivity index (χ1n) is 9.76. The van der Waals surface area contributed by atoms with Crippen LogP contribution in [-0.2, 0) is 14.8 Å². The number of benzene rings is 2. The standard InChI is InChI=1S/C22H28N2O4S/c1-15-12-17(3)21(13-16(15)2)18(4)23-22(25)19-6-5-7-20(14-19)29(26,27)24-8-10-28-11-9-24/h5-7,12-14,18H,8-11H2,1-4H3,(H,23,25)/t18-/m1/s1. The van der Waals surface area contributed by atoms with Crippen LogP contribution >= 0.6 is 0 Å². The Hall–Kier alpha value is -2.22. The van der Waals surface area contributed by atoms with Gasteiger partial charge in [0.2, 0.25) is 10.0 Å². The van der Waals surface area contributed by atoms with Crippen molar-refractivity contribution in [3.63, 3.8) is 0 Å². The van der Waals surface area contributed by atoms with Gasteiger partial charge in [0.25, 0.3) is 5.91 Å². The number of carbonyl (C=O) groups excluding carboxylic acids is 1. The van der Waals surface area contributed by atoms with Crippen LogP contribution in [0.25, 0.3) is 0 Å². The first-order chi connectivity index (χ1) is 13.7. The van der Waals surface area contributed by atoms with E-state index >= 15 is 0 Å². The molecule has 3 rings (SSSR count). The summed E-state index contributed by atoms with van der Waals surface area (Å²) in [6, 6.07) is 10.2. The Bertz CT molecular complexity index is 1010. The quantitative estimate of drug-likeness (QED) is 0.813. The van der Waals surface area contributed by atoms with Gasteiger partial charge in [-0.3, -0.25) is 4.79 Å². The van der Waals surface area contributed by atoms with Crippen LogP contribution in [0.3, 0.4) is 0 Å². The van der Waals surface area contributed by atoms with Crippen molar-refractivity contribution in [2.24, 2.45) is 0 Å². The summed E-state index contributed by atoms with van der Waals surface area (Å²) in [4.78, 5) is 12.9. The number of sulfonamides is 1. The maximum absolute atomic E-state index is 12.9. The summed E-state index contributed by atoms with van der Waals surface area (Å²) in [5.41, 5.74) is 4.88. The fraction of sp³-hybridized carbons (Fsp3) is 0.409. The Balaban J connectivity index is 1.80. The molecule has 0 saturated carbocycles. The van der Waals surface area contributed by atoms with Crippen molar-refractivity contribution in [1.82, 2.24) is 9.62 Å². The van der Waals surface area contributed by atoms with Gasteiger partial charge in [0.15, 0.2) is 0 Å². The van der Waals surface area contributed by atoms with E-state index in [-0.39, 0.29) is 16.8 Å². The first-order valence-corrected chi connectivity index (χ1v) is 11.2. The molecule has 1 heterocycles. The zero-order valence-corrected chi connectivity index (χ0v) is 18.2. The van der Waals surface area contributed by atoms with Gasteiger partial charge >= 0.3 is 0 Å². The Morgan fingerprint density at radius 3 is 2.38 bits per heavy atom. The summed E-state index contributed by atoms with van der Waals surface area (Å²) in [6.07, 6.45) is 0.